The molecule has 1 aliphatic carbocycles. The van der Waals surface area contributed by atoms with E-state index in [1.807, 2.05) is 25.1 Å². The summed E-state index contributed by atoms with van der Waals surface area (Å²) in [5.74, 6) is 1.70. The van der Waals surface area contributed by atoms with E-state index in [1.54, 1.807) is 14.0 Å². The number of ether oxygens (including phenoxy) is 2. The molecule has 0 unspecified atom stereocenters. The van der Waals surface area contributed by atoms with Gasteiger partial charge in [-0.15, -0.1) is 0 Å². The molecule has 0 aromatic heterocycles. The summed E-state index contributed by atoms with van der Waals surface area (Å²) in [4.78, 5) is 24.6. The first kappa shape index (κ1) is 16.7. The van der Waals surface area contributed by atoms with E-state index >= 15 is 0 Å². The summed E-state index contributed by atoms with van der Waals surface area (Å²) in [6.45, 7) is 3.82. The van der Waals surface area contributed by atoms with Gasteiger partial charge in [0.25, 0.3) is 0 Å². The summed E-state index contributed by atoms with van der Waals surface area (Å²) in [7, 11) is 1.63. The molecule has 0 radical (unpaired) electrons. The van der Waals surface area contributed by atoms with Gasteiger partial charge in [0.1, 0.15) is 23.1 Å². The third-order valence-corrected chi connectivity index (χ3v) is 5.17. The normalized spacial score (nSPS) is 24.5. The van der Waals surface area contributed by atoms with Gasteiger partial charge in [0.2, 0.25) is 0 Å². The van der Waals surface area contributed by atoms with Crippen LogP contribution in [0.2, 0.25) is 0 Å². The van der Waals surface area contributed by atoms with Gasteiger partial charge in [-0.25, -0.2) is 0 Å². The minimum absolute atomic E-state index is 0.0569. The second-order valence-corrected chi connectivity index (χ2v) is 6.96. The number of hydrogen-bond donors (Lipinski definition) is 0. The highest BCUT2D eigenvalue weighted by Crippen LogP contribution is 2.40. The van der Waals surface area contributed by atoms with E-state index in [-0.39, 0.29) is 17.7 Å². The molecule has 0 N–H and O–H groups in total. The van der Waals surface area contributed by atoms with Crippen LogP contribution in [0.5, 0.6) is 11.5 Å². The second kappa shape index (κ2) is 6.42. The number of Topliss-reactive ketones (excluding diaryl/α,β-unsaturated/α-hetero) is 2. The summed E-state index contributed by atoms with van der Waals surface area (Å²) in [6, 6.07) is 5.78. The number of methoxy groups -OCH3 is 1. The Morgan fingerprint density at radius 1 is 1.29 bits per heavy atom. The van der Waals surface area contributed by atoms with Gasteiger partial charge in [0.15, 0.2) is 0 Å². The largest absolute Gasteiger partial charge is 0.497 e. The van der Waals surface area contributed by atoms with Crippen molar-refractivity contribution in [1.29, 1.82) is 0 Å². The molecule has 0 saturated heterocycles. The molecule has 4 nitrogen and oxygen atoms in total. The third kappa shape index (κ3) is 2.97. The molecule has 4 heteroatoms. The van der Waals surface area contributed by atoms with E-state index in [1.165, 1.54) is 0 Å². The Hall–Kier alpha value is -2.10. The standard InChI is InChI=1S/C20H24O4/c1-13-11-14(16-8-7-15(23-3)12-17(16)24-13)9-10-20(2)18(21)5-4-6-19(20)22/h7-9,12-13H,4-6,10-11H2,1-3H3/b14-9+/t13-/m0/s1. The van der Waals surface area contributed by atoms with Crippen molar-refractivity contribution >= 4 is 17.1 Å². The quantitative estimate of drug-likeness (QED) is 0.788. The minimum Gasteiger partial charge on any atom is -0.497 e. The fourth-order valence-corrected chi connectivity index (χ4v) is 3.54. The Kier molecular flexibility index (Phi) is 4.48. The van der Waals surface area contributed by atoms with Gasteiger partial charge in [-0.1, -0.05) is 6.08 Å². The van der Waals surface area contributed by atoms with Crippen LogP contribution in [0.15, 0.2) is 24.3 Å². The van der Waals surface area contributed by atoms with Crippen molar-refractivity contribution in [3.05, 3.63) is 29.8 Å². The van der Waals surface area contributed by atoms with Gasteiger partial charge in [-0.3, -0.25) is 9.59 Å². The van der Waals surface area contributed by atoms with E-state index in [9.17, 15) is 9.59 Å². The molecule has 24 heavy (non-hydrogen) atoms. The van der Waals surface area contributed by atoms with Gasteiger partial charge >= 0.3 is 0 Å². The smallest absolute Gasteiger partial charge is 0.146 e. The first-order chi connectivity index (χ1) is 11.4. The average Bonchev–Trinajstić information content (AvgIpc) is 2.57. The number of carbonyl (C=O) groups excluding carboxylic acids is 2. The molecule has 0 bridgehead atoms. The van der Waals surface area contributed by atoms with Crippen LogP contribution in [-0.4, -0.2) is 24.8 Å². The first-order valence-corrected chi connectivity index (χ1v) is 8.55. The van der Waals surface area contributed by atoms with Crippen molar-refractivity contribution in [3.8, 4) is 11.5 Å². The zero-order valence-corrected chi connectivity index (χ0v) is 14.6. The molecule has 1 fully saturated rings. The van der Waals surface area contributed by atoms with Gasteiger partial charge in [-0.05, 0) is 44.4 Å². The summed E-state index contributed by atoms with van der Waals surface area (Å²) >= 11 is 0. The van der Waals surface area contributed by atoms with Crippen LogP contribution in [0.3, 0.4) is 0 Å². The van der Waals surface area contributed by atoms with Crippen LogP contribution in [0.4, 0.5) is 0 Å². The molecule has 0 amide bonds. The summed E-state index contributed by atoms with van der Waals surface area (Å²) in [6.07, 6.45) is 5.08. The van der Waals surface area contributed by atoms with Gasteiger partial charge in [-0.2, -0.15) is 0 Å². The maximum absolute atomic E-state index is 12.3. The van der Waals surface area contributed by atoms with Crippen molar-refractivity contribution in [1.82, 2.24) is 0 Å². The topological polar surface area (TPSA) is 52.6 Å². The second-order valence-electron chi connectivity index (χ2n) is 6.96. The van der Waals surface area contributed by atoms with Gasteiger partial charge in [0, 0.05) is 30.9 Å². The fourth-order valence-electron chi connectivity index (χ4n) is 3.54. The third-order valence-electron chi connectivity index (χ3n) is 5.17. The van der Waals surface area contributed by atoms with Crippen molar-refractivity contribution < 1.29 is 19.1 Å². The molecular formula is C20H24O4. The number of allylic oxidation sites excluding steroid dienone is 1. The lowest BCUT2D eigenvalue weighted by Gasteiger charge is -2.31. The summed E-state index contributed by atoms with van der Waals surface area (Å²) in [5.41, 5.74) is 1.30. The number of carbonyl (C=O) groups is 2. The Morgan fingerprint density at radius 3 is 2.67 bits per heavy atom. The maximum atomic E-state index is 12.3. The Labute approximate surface area is 142 Å². The predicted molar refractivity (Wildman–Crippen MR) is 92.3 cm³/mol. The van der Waals surface area contributed by atoms with Crippen LogP contribution >= 0.6 is 0 Å². The minimum atomic E-state index is -0.862. The first-order valence-electron chi connectivity index (χ1n) is 8.55. The molecule has 1 aromatic carbocycles. The SMILES string of the molecule is COc1ccc2c(c1)O[C@@H](C)C/C2=C\CC1(C)C(=O)CCCC1=O. The van der Waals surface area contributed by atoms with Crippen LogP contribution in [0.1, 0.15) is 51.5 Å². The highest BCUT2D eigenvalue weighted by atomic mass is 16.5. The van der Waals surface area contributed by atoms with E-state index in [2.05, 4.69) is 6.08 Å². The molecule has 1 heterocycles. The zero-order valence-electron chi connectivity index (χ0n) is 14.6. The Balaban J connectivity index is 1.91. The summed E-state index contributed by atoms with van der Waals surface area (Å²) < 4.78 is 11.2. The zero-order chi connectivity index (χ0) is 17.3. The summed E-state index contributed by atoms with van der Waals surface area (Å²) in [5, 5.41) is 0. The monoisotopic (exact) mass is 328 g/mol. The van der Waals surface area contributed by atoms with E-state index in [4.69, 9.17) is 9.47 Å². The number of benzene rings is 1. The van der Waals surface area contributed by atoms with E-state index in [0.29, 0.717) is 25.7 Å². The molecule has 3 rings (SSSR count). The van der Waals surface area contributed by atoms with Gasteiger partial charge in [0.05, 0.1) is 18.6 Å². The van der Waals surface area contributed by atoms with Crippen LogP contribution in [-0.2, 0) is 9.59 Å². The molecule has 1 aromatic rings. The lowest BCUT2D eigenvalue weighted by molar-refractivity contribution is -0.142. The number of fused-ring (bicyclic) bond motifs is 1. The highest BCUT2D eigenvalue weighted by Gasteiger charge is 2.41. The number of rotatable bonds is 3. The van der Waals surface area contributed by atoms with Crippen LogP contribution in [0.25, 0.3) is 5.57 Å². The highest BCUT2D eigenvalue weighted by molar-refractivity contribution is 6.08. The van der Waals surface area contributed by atoms with Gasteiger partial charge < -0.3 is 9.47 Å². The number of hydrogen-bond acceptors (Lipinski definition) is 4. The molecule has 2 aliphatic rings. The van der Waals surface area contributed by atoms with Crippen molar-refractivity contribution in [2.24, 2.45) is 5.41 Å². The lowest BCUT2D eigenvalue weighted by atomic mass is 9.71. The average molecular weight is 328 g/mol. The predicted octanol–water partition coefficient (Wildman–Crippen LogP) is 3.97. The van der Waals surface area contributed by atoms with Crippen molar-refractivity contribution in [3.63, 3.8) is 0 Å². The van der Waals surface area contributed by atoms with Crippen LogP contribution in [0, 0.1) is 5.41 Å². The Morgan fingerprint density at radius 2 is 2.00 bits per heavy atom. The molecule has 1 atom stereocenters. The van der Waals surface area contributed by atoms with Crippen LogP contribution < -0.4 is 9.47 Å². The Bertz CT molecular complexity index is 686. The van der Waals surface area contributed by atoms with E-state index in [0.717, 1.165) is 29.1 Å². The molecule has 1 aliphatic heterocycles. The molecular weight excluding hydrogens is 304 g/mol. The molecule has 128 valence electrons. The maximum Gasteiger partial charge on any atom is 0.146 e. The number of ketones is 2. The van der Waals surface area contributed by atoms with E-state index < -0.39 is 5.41 Å². The molecule has 1 saturated carbocycles. The van der Waals surface area contributed by atoms with Crippen molar-refractivity contribution in [2.75, 3.05) is 7.11 Å². The lowest BCUT2D eigenvalue weighted by Crippen LogP contribution is -2.39. The van der Waals surface area contributed by atoms with Crippen molar-refractivity contribution in [2.45, 2.75) is 52.1 Å². The molecule has 0 spiro atoms. The fraction of sp³-hybridized carbons (Fsp3) is 0.500.